The van der Waals surface area contributed by atoms with E-state index in [2.05, 4.69) is 16.0 Å². The van der Waals surface area contributed by atoms with Crippen molar-refractivity contribution in [2.75, 3.05) is 33.9 Å². The van der Waals surface area contributed by atoms with Crippen molar-refractivity contribution in [1.29, 1.82) is 0 Å². The Morgan fingerprint density at radius 3 is 1.92 bits per heavy atom. The molecule has 0 atom stereocenters. The van der Waals surface area contributed by atoms with Crippen molar-refractivity contribution < 1.29 is 19.1 Å². The van der Waals surface area contributed by atoms with Gasteiger partial charge in [-0.05, 0) is 91.7 Å². The molecule has 1 aliphatic heterocycles. The van der Waals surface area contributed by atoms with Crippen molar-refractivity contribution in [3.63, 3.8) is 0 Å². The molecule has 39 heavy (non-hydrogen) atoms. The van der Waals surface area contributed by atoms with Crippen molar-refractivity contribution in [3.05, 3.63) is 102 Å². The summed E-state index contributed by atoms with van der Waals surface area (Å²) in [5, 5.41) is 18.6. The molecular weight excluding hydrogens is 497 g/mol. The zero-order valence-electron chi connectivity index (χ0n) is 21.5. The number of rotatable bonds is 7. The molecule has 1 aromatic heterocycles. The summed E-state index contributed by atoms with van der Waals surface area (Å²) in [5.41, 5.74) is 4.17. The zero-order valence-corrected chi connectivity index (χ0v) is 21.5. The number of nitrogens with one attached hydrogen (secondary N) is 3. The summed E-state index contributed by atoms with van der Waals surface area (Å²) in [7, 11) is 1.82. The lowest BCUT2D eigenvalue weighted by Gasteiger charge is -2.31. The van der Waals surface area contributed by atoms with E-state index >= 15 is 0 Å². The van der Waals surface area contributed by atoms with Crippen molar-refractivity contribution in [2.24, 2.45) is 7.05 Å². The number of amides is 2. The standard InChI is InChI=1S/C30H30FN5O3/c1-35-16-2-3-28(35)30(39)34-24-11-7-22(8-12-24)32-21-5-9-23(10-6-21)33-29(38)20-4-13-27(26(31)19-20)36-17-14-25(37)15-18-36/h2-13,16,19,25,32,37H,14-15,17-18H2,1H3,(H,33,38)(H,34,39). The van der Waals surface area contributed by atoms with Crippen LogP contribution in [0.25, 0.3) is 0 Å². The minimum absolute atomic E-state index is 0.178. The van der Waals surface area contributed by atoms with Crippen LogP contribution >= 0.6 is 0 Å². The van der Waals surface area contributed by atoms with Gasteiger partial charge in [-0.25, -0.2) is 4.39 Å². The Labute approximate surface area is 226 Å². The predicted molar refractivity (Wildman–Crippen MR) is 151 cm³/mol. The number of benzene rings is 3. The van der Waals surface area contributed by atoms with Gasteiger partial charge in [-0.2, -0.15) is 0 Å². The number of nitrogens with zero attached hydrogens (tertiary/aromatic N) is 2. The van der Waals surface area contributed by atoms with E-state index in [0.717, 1.165) is 11.4 Å². The summed E-state index contributed by atoms with van der Waals surface area (Å²) in [6.45, 7) is 1.16. The number of aromatic nitrogens is 1. The average Bonchev–Trinajstić information content (AvgIpc) is 3.37. The topological polar surface area (TPSA) is 98.6 Å². The highest BCUT2D eigenvalue weighted by Crippen LogP contribution is 2.25. The van der Waals surface area contributed by atoms with E-state index in [4.69, 9.17) is 0 Å². The van der Waals surface area contributed by atoms with Crippen LogP contribution in [0.3, 0.4) is 0 Å². The molecular formula is C30H30FN5O3. The summed E-state index contributed by atoms with van der Waals surface area (Å²) in [4.78, 5) is 27.0. The van der Waals surface area contributed by atoms with Gasteiger partial charge in [0.25, 0.3) is 11.8 Å². The fraction of sp³-hybridized carbons (Fsp3) is 0.200. The van der Waals surface area contributed by atoms with Crippen LogP contribution in [0.5, 0.6) is 0 Å². The molecule has 2 amide bonds. The molecule has 5 rings (SSSR count). The lowest BCUT2D eigenvalue weighted by molar-refractivity contribution is 0.101. The molecule has 0 radical (unpaired) electrons. The summed E-state index contributed by atoms with van der Waals surface area (Å²) >= 11 is 0. The number of aryl methyl sites for hydroxylation is 1. The maximum absolute atomic E-state index is 14.7. The van der Waals surface area contributed by atoms with Gasteiger partial charge in [0.1, 0.15) is 11.5 Å². The van der Waals surface area contributed by atoms with Gasteiger partial charge in [0.2, 0.25) is 0 Å². The number of piperidine rings is 1. The molecule has 2 heterocycles. The minimum atomic E-state index is -0.454. The Hall–Kier alpha value is -4.63. The fourth-order valence-corrected chi connectivity index (χ4v) is 4.55. The van der Waals surface area contributed by atoms with Crippen molar-refractivity contribution in [2.45, 2.75) is 18.9 Å². The Bertz CT molecular complexity index is 1460. The summed E-state index contributed by atoms with van der Waals surface area (Å²) in [6.07, 6.45) is 2.69. The van der Waals surface area contributed by atoms with Crippen LogP contribution in [0.1, 0.15) is 33.7 Å². The van der Waals surface area contributed by atoms with E-state index < -0.39 is 11.7 Å². The van der Waals surface area contributed by atoms with Gasteiger partial charge in [0.15, 0.2) is 0 Å². The normalized spacial score (nSPS) is 13.7. The molecule has 9 heteroatoms. The van der Waals surface area contributed by atoms with Crippen LogP contribution in [0.2, 0.25) is 0 Å². The van der Waals surface area contributed by atoms with Crippen LogP contribution in [-0.4, -0.2) is 40.7 Å². The first-order valence-electron chi connectivity index (χ1n) is 12.8. The van der Waals surface area contributed by atoms with E-state index in [9.17, 15) is 19.1 Å². The number of aliphatic hydroxyl groups excluding tert-OH is 1. The third-order valence-corrected chi connectivity index (χ3v) is 6.77. The number of halogens is 1. The molecule has 1 aliphatic rings. The Morgan fingerprint density at radius 1 is 0.821 bits per heavy atom. The molecule has 0 aliphatic carbocycles. The second-order valence-corrected chi connectivity index (χ2v) is 9.58. The first kappa shape index (κ1) is 26.0. The summed E-state index contributed by atoms with van der Waals surface area (Å²) < 4.78 is 16.5. The Balaban J connectivity index is 1.15. The average molecular weight is 528 g/mol. The number of anilines is 5. The Kier molecular flexibility index (Phi) is 7.60. The third-order valence-electron chi connectivity index (χ3n) is 6.77. The highest BCUT2D eigenvalue weighted by Gasteiger charge is 2.20. The van der Waals surface area contributed by atoms with Crippen LogP contribution in [0, 0.1) is 5.82 Å². The van der Waals surface area contributed by atoms with Crippen LogP contribution in [0.4, 0.5) is 32.8 Å². The Morgan fingerprint density at radius 2 is 1.38 bits per heavy atom. The van der Waals surface area contributed by atoms with Gasteiger partial charge >= 0.3 is 0 Å². The molecule has 8 nitrogen and oxygen atoms in total. The summed E-state index contributed by atoms with van der Waals surface area (Å²) in [6, 6.07) is 22.6. The number of hydrogen-bond acceptors (Lipinski definition) is 5. The van der Waals surface area contributed by atoms with Gasteiger partial charge < -0.3 is 30.5 Å². The number of hydrogen-bond donors (Lipinski definition) is 4. The van der Waals surface area contributed by atoms with Crippen LogP contribution < -0.4 is 20.9 Å². The van der Waals surface area contributed by atoms with Gasteiger partial charge in [0, 0.05) is 54.6 Å². The monoisotopic (exact) mass is 527 g/mol. The SMILES string of the molecule is Cn1cccc1C(=O)Nc1ccc(Nc2ccc(NC(=O)c3ccc(N4CCC(O)CC4)c(F)c3)cc2)cc1. The quantitative estimate of drug-likeness (QED) is 0.259. The number of carbonyl (C=O) groups is 2. The maximum Gasteiger partial charge on any atom is 0.272 e. The fourth-order valence-electron chi connectivity index (χ4n) is 4.55. The molecule has 0 spiro atoms. The second kappa shape index (κ2) is 11.4. The van der Waals surface area contributed by atoms with E-state index in [1.165, 1.54) is 6.07 Å². The largest absolute Gasteiger partial charge is 0.393 e. The van der Waals surface area contributed by atoms with Gasteiger partial charge in [-0.3, -0.25) is 9.59 Å². The highest BCUT2D eigenvalue weighted by molar-refractivity contribution is 6.04. The third kappa shape index (κ3) is 6.27. The first-order valence-corrected chi connectivity index (χ1v) is 12.8. The van der Waals surface area contributed by atoms with Crippen molar-refractivity contribution in [3.8, 4) is 0 Å². The molecule has 4 aromatic rings. The molecule has 0 saturated carbocycles. The van der Waals surface area contributed by atoms with Crippen LogP contribution in [0.15, 0.2) is 85.1 Å². The van der Waals surface area contributed by atoms with Crippen molar-refractivity contribution in [1.82, 2.24) is 4.57 Å². The van der Waals surface area contributed by atoms with E-state index in [-0.39, 0.29) is 17.6 Å². The van der Waals surface area contributed by atoms with Crippen molar-refractivity contribution >= 4 is 40.3 Å². The molecule has 0 bridgehead atoms. The molecule has 3 aromatic carbocycles. The number of aliphatic hydroxyl groups is 1. The lowest BCUT2D eigenvalue weighted by atomic mass is 10.1. The lowest BCUT2D eigenvalue weighted by Crippen LogP contribution is -2.36. The zero-order chi connectivity index (χ0) is 27.4. The first-order chi connectivity index (χ1) is 18.9. The van der Waals surface area contributed by atoms with E-state index in [1.807, 2.05) is 60.6 Å². The molecule has 1 fully saturated rings. The summed E-state index contributed by atoms with van der Waals surface area (Å²) in [5.74, 6) is -1.03. The minimum Gasteiger partial charge on any atom is -0.393 e. The van der Waals surface area contributed by atoms with E-state index in [1.54, 1.807) is 34.9 Å². The molecule has 4 N–H and O–H groups in total. The van der Waals surface area contributed by atoms with Gasteiger partial charge in [0.05, 0.1) is 11.8 Å². The molecule has 0 unspecified atom stereocenters. The number of carbonyl (C=O) groups excluding carboxylic acids is 2. The van der Waals surface area contributed by atoms with Crippen LogP contribution in [-0.2, 0) is 7.05 Å². The predicted octanol–water partition coefficient (Wildman–Crippen LogP) is 5.37. The van der Waals surface area contributed by atoms with E-state index in [0.29, 0.717) is 48.7 Å². The molecule has 200 valence electrons. The second-order valence-electron chi connectivity index (χ2n) is 9.58. The highest BCUT2D eigenvalue weighted by atomic mass is 19.1. The van der Waals surface area contributed by atoms with Gasteiger partial charge in [-0.1, -0.05) is 0 Å². The smallest absolute Gasteiger partial charge is 0.272 e. The maximum atomic E-state index is 14.7. The molecule has 1 saturated heterocycles. The van der Waals surface area contributed by atoms with Gasteiger partial charge in [-0.15, -0.1) is 0 Å².